The van der Waals surface area contributed by atoms with Gasteiger partial charge < -0.3 is 15.5 Å². The lowest BCUT2D eigenvalue weighted by Crippen LogP contribution is -2.50. The summed E-state index contributed by atoms with van der Waals surface area (Å²) < 4.78 is 0. The zero-order chi connectivity index (χ0) is 12.4. The second kappa shape index (κ2) is 4.65. The zero-order valence-electron chi connectivity index (χ0n) is 10.5. The number of benzene rings is 1. The highest BCUT2D eigenvalue weighted by atomic mass is 15.3. The van der Waals surface area contributed by atoms with Gasteiger partial charge in [0, 0.05) is 20.1 Å². The van der Waals surface area contributed by atoms with Crippen molar-refractivity contribution >= 4 is 17.2 Å². The van der Waals surface area contributed by atoms with Gasteiger partial charge in [0.1, 0.15) is 5.84 Å². The predicted molar refractivity (Wildman–Crippen MR) is 73.1 cm³/mol. The summed E-state index contributed by atoms with van der Waals surface area (Å²) in [7, 11) is 2.10. The van der Waals surface area contributed by atoms with Gasteiger partial charge in [-0.1, -0.05) is 19.1 Å². The molecule has 1 aromatic carbocycles. The van der Waals surface area contributed by atoms with Crippen molar-refractivity contribution in [3.63, 3.8) is 0 Å². The molecule has 1 atom stereocenters. The van der Waals surface area contributed by atoms with Gasteiger partial charge in [0.15, 0.2) is 0 Å². The lowest BCUT2D eigenvalue weighted by molar-refractivity contribution is 0.658. The third kappa shape index (κ3) is 2.07. The maximum atomic E-state index is 7.70. The normalized spacial score (nSPS) is 16.6. The maximum Gasteiger partial charge on any atom is 0.114 e. The van der Waals surface area contributed by atoms with Gasteiger partial charge in [-0.25, -0.2) is 0 Å². The lowest BCUT2D eigenvalue weighted by atomic mass is 10.1. The Hall–Kier alpha value is -1.71. The van der Waals surface area contributed by atoms with Crippen LogP contribution >= 0.6 is 0 Å². The quantitative estimate of drug-likeness (QED) is 0.615. The van der Waals surface area contributed by atoms with Crippen molar-refractivity contribution in [1.82, 2.24) is 0 Å². The Bertz CT molecular complexity index is 416. The first kappa shape index (κ1) is 11.8. The van der Waals surface area contributed by atoms with Gasteiger partial charge in [-0.3, -0.25) is 5.41 Å². The van der Waals surface area contributed by atoms with Crippen molar-refractivity contribution in [2.75, 3.05) is 29.9 Å². The number of rotatable bonds is 3. The number of hydrogen-bond acceptors (Lipinski definition) is 3. The van der Waals surface area contributed by atoms with Crippen LogP contribution in [0.1, 0.15) is 13.3 Å². The van der Waals surface area contributed by atoms with Gasteiger partial charge >= 0.3 is 0 Å². The van der Waals surface area contributed by atoms with Crippen LogP contribution in [-0.4, -0.2) is 32.0 Å². The van der Waals surface area contributed by atoms with Gasteiger partial charge in [-0.15, -0.1) is 0 Å². The predicted octanol–water partition coefficient (Wildman–Crippen LogP) is 1.66. The average Bonchev–Trinajstić information content (AvgIpc) is 2.33. The Kier molecular flexibility index (Phi) is 3.22. The number of nitrogens with zero attached hydrogens (tertiary/aromatic N) is 2. The molecular weight excluding hydrogens is 212 g/mol. The van der Waals surface area contributed by atoms with Gasteiger partial charge in [0.05, 0.1) is 17.4 Å². The van der Waals surface area contributed by atoms with E-state index in [0.29, 0.717) is 0 Å². The molecule has 92 valence electrons. The van der Waals surface area contributed by atoms with E-state index in [4.69, 9.17) is 11.1 Å². The summed E-state index contributed by atoms with van der Waals surface area (Å²) in [5.74, 6) is 0.256. The van der Waals surface area contributed by atoms with Gasteiger partial charge in [0.2, 0.25) is 0 Å². The summed E-state index contributed by atoms with van der Waals surface area (Å²) >= 11 is 0. The number of anilines is 2. The Morgan fingerprint density at radius 2 is 2.00 bits per heavy atom. The molecule has 3 N–H and O–H groups in total. The Morgan fingerprint density at radius 1 is 1.35 bits per heavy atom. The second-order valence-corrected chi connectivity index (χ2v) is 4.48. The van der Waals surface area contributed by atoms with Crippen LogP contribution in [0.4, 0.5) is 11.4 Å². The smallest absolute Gasteiger partial charge is 0.114 e. The van der Waals surface area contributed by atoms with Gasteiger partial charge in [0.25, 0.3) is 0 Å². The van der Waals surface area contributed by atoms with Gasteiger partial charge in [-0.2, -0.15) is 0 Å². The zero-order valence-corrected chi connectivity index (χ0v) is 10.5. The molecule has 0 saturated heterocycles. The standard InChI is InChI=1S/C13H20N4/c1-3-10(13(14)15)17-9-8-16(2)11-6-4-5-7-12(11)17/h4-7,10H,3,8-9H2,1-2H3,(H3,14,15). The first-order valence-electron chi connectivity index (χ1n) is 6.06. The molecular formula is C13H20N4. The summed E-state index contributed by atoms with van der Waals surface area (Å²) in [6.45, 7) is 3.97. The molecule has 1 aliphatic heterocycles. The average molecular weight is 232 g/mol. The highest BCUT2D eigenvalue weighted by molar-refractivity contribution is 5.88. The van der Waals surface area contributed by atoms with E-state index in [2.05, 4.69) is 35.9 Å². The fourth-order valence-corrected chi connectivity index (χ4v) is 2.46. The molecule has 4 nitrogen and oxygen atoms in total. The molecule has 0 aromatic heterocycles. The fourth-order valence-electron chi connectivity index (χ4n) is 2.46. The lowest BCUT2D eigenvalue weighted by Gasteiger charge is -2.40. The van der Waals surface area contributed by atoms with Gasteiger partial charge in [-0.05, 0) is 18.6 Å². The molecule has 1 unspecified atom stereocenters. The number of nitrogens with one attached hydrogen (secondary N) is 1. The molecule has 0 aliphatic carbocycles. The number of hydrogen-bond donors (Lipinski definition) is 2. The minimum absolute atomic E-state index is 0.0184. The van der Waals surface area contributed by atoms with Crippen molar-refractivity contribution in [3.8, 4) is 0 Å². The van der Waals surface area contributed by atoms with E-state index >= 15 is 0 Å². The number of nitrogens with two attached hydrogens (primary N) is 1. The number of fused-ring (bicyclic) bond motifs is 1. The number of para-hydroxylation sites is 2. The van der Waals surface area contributed by atoms with E-state index < -0.39 is 0 Å². The summed E-state index contributed by atoms with van der Waals surface area (Å²) in [4.78, 5) is 4.50. The molecule has 0 spiro atoms. The van der Waals surface area contributed by atoms with E-state index in [-0.39, 0.29) is 11.9 Å². The first-order valence-corrected chi connectivity index (χ1v) is 6.06. The van der Waals surface area contributed by atoms with Crippen molar-refractivity contribution < 1.29 is 0 Å². The van der Waals surface area contributed by atoms with Crippen molar-refractivity contribution in [2.45, 2.75) is 19.4 Å². The van der Waals surface area contributed by atoms with E-state index in [9.17, 15) is 0 Å². The minimum Gasteiger partial charge on any atom is -0.386 e. The Labute approximate surface area is 103 Å². The molecule has 4 heteroatoms. The maximum absolute atomic E-state index is 7.70. The van der Waals surface area contributed by atoms with Crippen LogP contribution < -0.4 is 15.5 Å². The molecule has 0 amide bonds. The molecule has 0 fully saturated rings. The van der Waals surface area contributed by atoms with Crippen LogP contribution in [-0.2, 0) is 0 Å². The van der Waals surface area contributed by atoms with Crippen LogP contribution in [0.5, 0.6) is 0 Å². The first-order chi connectivity index (χ1) is 8.15. The van der Waals surface area contributed by atoms with E-state index in [1.54, 1.807) is 0 Å². The molecule has 2 rings (SSSR count). The highest BCUT2D eigenvalue weighted by Gasteiger charge is 2.26. The van der Waals surface area contributed by atoms with Crippen LogP contribution in [0.25, 0.3) is 0 Å². The fraction of sp³-hybridized carbons (Fsp3) is 0.462. The third-order valence-corrected chi connectivity index (χ3v) is 3.40. The summed E-state index contributed by atoms with van der Waals surface area (Å²) in [5, 5.41) is 7.70. The van der Waals surface area contributed by atoms with Crippen LogP contribution in [0.3, 0.4) is 0 Å². The monoisotopic (exact) mass is 232 g/mol. The molecule has 17 heavy (non-hydrogen) atoms. The second-order valence-electron chi connectivity index (χ2n) is 4.48. The van der Waals surface area contributed by atoms with E-state index in [1.165, 1.54) is 11.4 Å². The topological polar surface area (TPSA) is 56.4 Å². The molecule has 1 aromatic rings. The van der Waals surface area contributed by atoms with Crippen LogP contribution in [0.15, 0.2) is 24.3 Å². The van der Waals surface area contributed by atoms with E-state index in [0.717, 1.165) is 19.5 Å². The van der Waals surface area contributed by atoms with Crippen molar-refractivity contribution in [2.24, 2.45) is 5.73 Å². The molecule has 1 heterocycles. The summed E-state index contributed by atoms with van der Waals surface area (Å²) in [6, 6.07) is 8.33. The third-order valence-electron chi connectivity index (χ3n) is 3.40. The molecule has 0 bridgehead atoms. The largest absolute Gasteiger partial charge is 0.386 e. The van der Waals surface area contributed by atoms with Crippen LogP contribution in [0.2, 0.25) is 0 Å². The molecule has 1 aliphatic rings. The number of likely N-dealkylation sites (N-methyl/N-ethyl adjacent to an activating group) is 1. The summed E-state index contributed by atoms with van der Waals surface area (Å²) in [6.07, 6.45) is 0.868. The van der Waals surface area contributed by atoms with E-state index in [1.807, 2.05) is 12.1 Å². The Morgan fingerprint density at radius 3 is 2.59 bits per heavy atom. The van der Waals surface area contributed by atoms with Crippen molar-refractivity contribution in [3.05, 3.63) is 24.3 Å². The minimum atomic E-state index is 0.0184. The molecule has 0 saturated carbocycles. The number of amidine groups is 1. The van der Waals surface area contributed by atoms with Crippen LogP contribution in [0, 0.1) is 5.41 Å². The summed E-state index contributed by atoms with van der Waals surface area (Å²) in [5.41, 5.74) is 8.10. The Balaban J connectivity index is 2.38. The molecule has 0 radical (unpaired) electrons. The SMILES string of the molecule is CCC(C(=N)N)N1CCN(C)c2ccccc21. The highest BCUT2D eigenvalue weighted by Crippen LogP contribution is 2.33. The van der Waals surface area contributed by atoms with Crippen molar-refractivity contribution in [1.29, 1.82) is 5.41 Å².